The number of hydrogen-bond acceptors (Lipinski definition) is 10. The molecule has 2 aromatic rings. The van der Waals surface area contributed by atoms with Gasteiger partial charge in [0.1, 0.15) is 25.0 Å². The third-order valence-corrected chi connectivity index (χ3v) is 5.29. The van der Waals surface area contributed by atoms with Crippen molar-refractivity contribution in [3.05, 3.63) is 12.7 Å². The molecule has 0 aliphatic heterocycles. The van der Waals surface area contributed by atoms with Crippen molar-refractivity contribution in [3.8, 4) is 0 Å². The molecule has 1 radical (unpaired) electrons. The molecule has 14 heteroatoms. The van der Waals surface area contributed by atoms with Gasteiger partial charge in [0.25, 0.3) is 0 Å². The van der Waals surface area contributed by atoms with Gasteiger partial charge in [-0.05, 0) is 6.26 Å². The summed E-state index contributed by atoms with van der Waals surface area (Å²) in [5.74, 6) is 0.547. The molecule has 0 saturated carbocycles. The predicted octanol–water partition coefficient (Wildman–Crippen LogP) is 0.0817. The predicted molar refractivity (Wildman–Crippen MR) is 107 cm³/mol. The Morgan fingerprint density at radius 3 is 2.90 bits per heavy atom. The summed E-state index contributed by atoms with van der Waals surface area (Å²) in [6.07, 6.45) is 5.78. The van der Waals surface area contributed by atoms with E-state index in [-0.39, 0.29) is 70.6 Å². The number of nitrogen functional groups attached to an aromatic ring is 1. The molecule has 0 aliphatic carbocycles. The number of carbonyl (C=O) groups excluding carboxylic acids is 3. The van der Waals surface area contributed by atoms with Crippen LogP contribution in [0.25, 0.3) is 11.2 Å². The fraction of sp³-hybridized carbons (Fsp3) is 0.467. The first-order valence-electron chi connectivity index (χ1n) is 8.17. The van der Waals surface area contributed by atoms with Crippen LogP contribution in [0.5, 0.6) is 0 Å². The van der Waals surface area contributed by atoms with Crippen molar-refractivity contribution in [2.24, 2.45) is 0 Å². The van der Waals surface area contributed by atoms with E-state index < -0.39 is 6.09 Å². The number of aromatic nitrogens is 4. The summed E-state index contributed by atoms with van der Waals surface area (Å²) in [6, 6.07) is 0. The number of anilines is 1. The summed E-state index contributed by atoms with van der Waals surface area (Å²) < 4.78 is 6.50. The van der Waals surface area contributed by atoms with Gasteiger partial charge in [-0.15, -0.1) is 0 Å². The van der Waals surface area contributed by atoms with Crippen LogP contribution in [0.3, 0.4) is 0 Å². The number of nitrogens with one attached hydrogen (secondary N) is 1. The zero-order chi connectivity index (χ0) is 20.4. The summed E-state index contributed by atoms with van der Waals surface area (Å²) in [6.45, 7) is 0.254. The first-order valence-corrected chi connectivity index (χ1v) is 10.9. The van der Waals surface area contributed by atoms with Gasteiger partial charge in [0.05, 0.1) is 6.33 Å². The molecule has 0 unspecified atom stereocenters. The number of alkyl carbamates (subject to hydrolysis) is 1. The maximum Gasteiger partial charge on any atom is 0.407 e. The van der Waals surface area contributed by atoms with Crippen molar-refractivity contribution in [3.63, 3.8) is 0 Å². The quantitative estimate of drug-likeness (QED) is 0.240. The molecule has 0 spiro atoms. The molecule has 11 nitrogen and oxygen atoms in total. The van der Waals surface area contributed by atoms with Crippen molar-refractivity contribution in [1.29, 1.82) is 0 Å². The largest absolute Gasteiger partial charge is 0.540 e. The van der Waals surface area contributed by atoms with Crippen LogP contribution in [0.1, 0.15) is 0 Å². The van der Waals surface area contributed by atoms with Crippen LogP contribution in [0.2, 0.25) is 0 Å². The Hall–Kier alpha value is -1.44. The van der Waals surface area contributed by atoms with E-state index in [4.69, 9.17) is 10.5 Å². The standard InChI is InChI=1S/C15H20N7O4S2.Y/c1-27-28-7-6-26-15(25)17-2-3-21(4-5-23)11(24)8-22-10-20-12-13(16)18-9-19-14(12)22;/h9-10H,2-4,6-8H2,1H3,(H,17,25)(H2,16,18,19);/q-1;. The summed E-state index contributed by atoms with van der Waals surface area (Å²) >= 11 is 0. The van der Waals surface area contributed by atoms with E-state index in [2.05, 4.69) is 20.3 Å². The molecule has 29 heavy (non-hydrogen) atoms. The zero-order valence-corrected chi connectivity index (χ0v) is 20.2. The minimum absolute atomic E-state index is 0. The van der Waals surface area contributed by atoms with Crippen LogP contribution in [0.15, 0.2) is 12.7 Å². The Morgan fingerprint density at radius 2 is 2.17 bits per heavy atom. The average Bonchev–Trinajstić information content (AvgIpc) is 3.09. The molecule has 155 valence electrons. The normalized spacial score (nSPS) is 10.2. The van der Waals surface area contributed by atoms with Crippen LogP contribution in [-0.2, 0) is 53.6 Å². The van der Waals surface area contributed by atoms with E-state index in [0.717, 1.165) is 0 Å². The SMILES string of the molecule is CSSCCOC(=O)NCCN(C[C-]=O)C(=O)Cn1cnc2c(N)ncnc21.[Y]. The molecule has 0 saturated heterocycles. The van der Waals surface area contributed by atoms with Gasteiger partial charge in [0.15, 0.2) is 11.5 Å². The molecule has 2 aromatic heterocycles. The van der Waals surface area contributed by atoms with Crippen LogP contribution in [-0.4, -0.2) is 81.0 Å². The van der Waals surface area contributed by atoms with E-state index >= 15 is 0 Å². The Balaban J connectivity index is 0.00000420. The number of carbonyl (C=O) groups is 2. The molecule has 0 bridgehead atoms. The summed E-state index contributed by atoms with van der Waals surface area (Å²) in [4.78, 5) is 48.2. The van der Waals surface area contributed by atoms with E-state index in [1.807, 2.05) is 6.26 Å². The molecule has 2 rings (SSSR count). The van der Waals surface area contributed by atoms with Gasteiger partial charge in [-0.3, -0.25) is 4.79 Å². The summed E-state index contributed by atoms with van der Waals surface area (Å²) in [7, 11) is 3.17. The van der Waals surface area contributed by atoms with Crippen LogP contribution >= 0.6 is 21.6 Å². The molecular weight excluding hydrogens is 495 g/mol. The van der Waals surface area contributed by atoms with E-state index in [1.54, 1.807) is 27.9 Å². The number of nitrogens with zero attached hydrogens (tertiary/aromatic N) is 5. The summed E-state index contributed by atoms with van der Waals surface area (Å²) in [5, 5.41) is 2.54. The van der Waals surface area contributed by atoms with Gasteiger partial charge >= 0.3 is 6.09 Å². The van der Waals surface area contributed by atoms with Crippen molar-refractivity contribution in [2.45, 2.75) is 6.54 Å². The van der Waals surface area contributed by atoms with E-state index in [0.29, 0.717) is 23.5 Å². The van der Waals surface area contributed by atoms with Crippen LogP contribution in [0.4, 0.5) is 10.6 Å². The van der Waals surface area contributed by atoms with Crippen molar-refractivity contribution >= 4 is 56.9 Å². The van der Waals surface area contributed by atoms with Crippen LogP contribution < -0.4 is 11.1 Å². The second-order valence-electron chi connectivity index (χ2n) is 5.31. The van der Waals surface area contributed by atoms with Gasteiger partial charge < -0.3 is 30.0 Å². The van der Waals surface area contributed by atoms with Gasteiger partial charge in [-0.2, -0.15) is 0 Å². The number of hydrogen-bond donors (Lipinski definition) is 2. The van der Waals surface area contributed by atoms with Gasteiger partial charge in [-0.1, -0.05) is 28.1 Å². The molecule has 0 atom stereocenters. The van der Waals surface area contributed by atoms with Crippen LogP contribution in [0, 0.1) is 0 Å². The Bertz CT molecular complexity index is 823. The molecule has 2 amide bonds. The zero-order valence-electron chi connectivity index (χ0n) is 15.7. The number of imidazole rings is 1. The molecular formula is C15H20N7O4S2Y-. The monoisotopic (exact) mass is 515 g/mol. The van der Waals surface area contributed by atoms with Crippen molar-refractivity contribution in [1.82, 2.24) is 29.7 Å². The molecule has 0 aromatic carbocycles. The maximum absolute atomic E-state index is 12.5. The number of rotatable bonds is 11. The number of amides is 2. The number of nitrogens with two attached hydrogens (primary N) is 1. The Labute approximate surface area is 200 Å². The van der Waals surface area contributed by atoms with E-state index in [9.17, 15) is 14.4 Å². The maximum atomic E-state index is 12.5. The Morgan fingerprint density at radius 1 is 1.38 bits per heavy atom. The van der Waals surface area contributed by atoms with Gasteiger partial charge in [0, 0.05) is 51.6 Å². The van der Waals surface area contributed by atoms with Gasteiger partial charge in [-0.25, -0.2) is 26.0 Å². The molecule has 2 heterocycles. The minimum atomic E-state index is -0.572. The van der Waals surface area contributed by atoms with Crippen molar-refractivity contribution in [2.75, 3.05) is 44.0 Å². The third kappa shape index (κ3) is 8.07. The van der Waals surface area contributed by atoms with Crippen molar-refractivity contribution < 1.29 is 51.8 Å². The van der Waals surface area contributed by atoms with E-state index in [1.165, 1.54) is 22.1 Å². The summed E-state index contributed by atoms with van der Waals surface area (Å²) in [5.41, 5.74) is 6.54. The molecule has 0 fully saturated rings. The molecule has 0 aliphatic rings. The first kappa shape index (κ1) is 25.6. The van der Waals surface area contributed by atoms with Gasteiger partial charge in [0.2, 0.25) is 5.91 Å². The second kappa shape index (κ2) is 13.7. The topological polar surface area (TPSA) is 145 Å². The number of ether oxygens (including phenoxy) is 1. The fourth-order valence-electron chi connectivity index (χ4n) is 2.23. The number of fused-ring (bicyclic) bond motifs is 1. The minimum Gasteiger partial charge on any atom is -0.540 e. The fourth-order valence-corrected chi connectivity index (χ4v) is 3.25. The Kier molecular flexibility index (Phi) is 12.1. The molecule has 3 N–H and O–H groups in total. The average molecular weight is 515 g/mol. The first-order chi connectivity index (χ1) is 13.6. The third-order valence-electron chi connectivity index (χ3n) is 3.51. The second-order valence-corrected chi connectivity index (χ2v) is 8.00. The smallest absolute Gasteiger partial charge is 0.407 e.